The number of hydrogen-bond donors (Lipinski definition) is 1. The van der Waals surface area contributed by atoms with Crippen molar-refractivity contribution in [1.82, 2.24) is 4.57 Å². The zero-order valence-corrected chi connectivity index (χ0v) is 12.7. The van der Waals surface area contributed by atoms with Crippen molar-refractivity contribution in [3.05, 3.63) is 64.6 Å². The minimum absolute atomic E-state index is 0.109. The van der Waals surface area contributed by atoms with Gasteiger partial charge in [-0.05, 0) is 18.6 Å². The van der Waals surface area contributed by atoms with Gasteiger partial charge in [0.05, 0.1) is 18.7 Å². The minimum atomic E-state index is -0.281. The van der Waals surface area contributed by atoms with Crippen molar-refractivity contribution in [3.63, 3.8) is 0 Å². The molecule has 0 saturated heterocycles. The molecule has 0 atom stereocenters. The molecule has 3 aromatic rings. The predicted molar refractivity (Wildman–Crippen MR) is 85.9 cm³/mol. The van der Waals surface area contributed by atoms with Crippen LogP contribution in [0.3, 0.4) is 0 Å². The van der Waals surface area contributed by atoms with E-state index in [-0.39, 0.29) is 23.4 Å². The Morgan fingerprint density at radius 2 is 2.09 bits per heavy atom. The molecule has 0 fully saturated rings. The van der Waals surface area contributed by atoms with E-state index in [1.54, 1.807) is 35.0 Å². The van der Waals surface area contributed by atoms with Crippen LogP contribution in [0.5, 0.6) is 5.88 Å². The van der Waals surface area contributed by atoms with Crippen LogP contribution in [0, 0.1) is 18.3 Å². The van der Waals surface area contributed by atoms with Gasteiger partial charge in [-0.15, -0.1) is 0 Å². The van der Waals surface area contributed by atoms with Crippen LogP contribution in [0.25, 0.3) is 16.8 Å². The molecule has 0 aliphatic rings. The second-order valence-corrected chi connectivity index (χ2v) is 5.36. The highest BCUT2D eigenvalue weighted by atomic mass is 16.3. The Balaban J connectivity index is 2.39. The van der Waals surface area contributed by atoms with Crippen LogP contribution in [0.4, 0.5) is 0 Å². The normalized spacial score (nSPS) is 10.6. The molecule has 0 unspecified atom stereocenters. The van der Waals surface area contributed by atoms with Gasteiger partial charge in [0, 0.05) is 6.07 Å². The molecule has 0 amide bonds. The van der Waals surface area contributed by atoms with Gasteiger partial charge in [-0.25, -0.2) is 4.79 Å². The summed E-state index contributed by atoms with van der Waals surface area (Å²) < 4.78 is 3.09. The quantitative estimate of drug-likeness (QED) is 0.754. The Kier molecular flexibility index (Phi) is 3.82. The number of fused-ring (bicyclic) bond motifs is 1. The fourth-order valence-electron chi connectivity index (χ4n) is 2.72. The van der Waals surface area contributed by atoms with E-state index in [0.717, 1.165) is 5.56 Å². The largest absolute Gasteiger partial charge is 0.477 e. The molecule has 0 radical (unpaired) electrons. The van der Waals surface area contributed by atoms with Gasteiger partial charge in [0.15, 0.2) is 5.56 Å². The molecular weight excluding hydrogens is 290 g/mol. The average molecular weight is 306 g/mol. The lowest BCUT2D eigenvalue weighted by Gasteiger charge is -2.09. The lowest BCUT2D eigenvalue weighted by atomic mass is 10.1. The summed E-state index contributed by atoms with van der Waals surface area (Å²) in [6.07, 6.45) is 1.91. The molecule has 5 heteroatoms. The molecule has 5 nitrogen and oxygen atoms in total. The Labute approximate surface area is 133 Å². The van der Waals surface area contributed by atoms with E-state index in [1.165, 1.54) is 4.40 Å². The van der Waals surface area contributed by atoms with E-state index in [0.29, 0.717) is 17.8 Å². The summed E-state index contributed by atoms with van der Waals surface area (Å²) in [7, 11) is 0. The zero-order chi connectivity index (χ0) is 16.4. The monoisotopic (exact) mass is 306 g/mol. The smallest absolute Gasteiger partial charge is 0.354 e. The molecule has 2 aromatic heterocycles. The summed E-state index contributed by atoms with van der Waals surface area (Å²) in [4.78, 5) is 12.8. The lowest BCUT2D eigenvalue weighted by Crippen LogP contribution is -2.43. The molecule has 3 rings (SSSR count). The third kappa shape index (κ3) is 2.55. The summed E-state index contributed by atoms with van der Waals surface area (Å²) in [6, 6.07) is 14.8. The van der Waals surface area contributed by atoms with Crippen LogP contribution >= 0.6 is 0 Å². The van der Waals surface area contributed by atoms with Crippen molar-refractivity contribution >= 4 is 5.65 Å². The number of aromatic nitrogens is 2. The van der Waals surface area contributed by atoms with Crippen molar-refractivity contribution in [2.75, 3.05) is 0 Å². The first-order valence-corrected chi connectivity index (χ1v) is 7.33. The third-order valence-electron chi connectivity index (χ3n) is 3.78. The zero-order valence-electron chi connectivity index (χ0n) is 12.7. The van der Waals surface area contributed by atoms with Crippen LogP contribution in [0.1, 0.15) is 12.0 Å². The number of hydrogen-bond acceptors (Lipinski definition) is 3. The van der Waals surface area contributed by atoms with Gasteiger partial charge in [0.1, 0.15) is 6.54 Å². The molecule has 0 aliphatic heterocycles. The van der Waals surface area contributed by atoms with E-state index >= 15 is 0 Å². The van der Waals surface area contributed by atoms with Crippen molar-refractivity contribution < 1.29 is 9.51 Å². The Hall–Kier alpha value is -3.13. The van der Waals surface area contributed by atoms with Crippen LogP contribution < -0.4 is 9.96 Å². The van der Waals surface area contributed by atoms with Gasteiger partial charge in [0.2, 0.25) is 0 Å². The molecule has 1 N–H and O–H groups in total. The van der Waals surface area contributed by atoms with Gasteiger partial charge in [-0.2, -0.15) is 14.2 Å². The molecule has 2 heterocycles. The SMILES string of the molecule is Cc1cccc(-c2c(O)n(CCC#N)c3cccc[n+]3c2=O)c1. The van der Waals surface area contributed by atoms with Crippen LogP contribution in [0.2, 0.25) is 0 Å². The first kappa shape index (κ1) is 14.8. The van der Waals surface area contributed by atoms with E-state index < -0.39 is 0 Å². The number of pyridine rings is 1. The Morgan fingerprint density at radius 3 is 2.83 bits per heavy atom. The lowest BCUT2D eigenvalue weighted by molar-refractivity contribution is -0.532. The van der Waals surface area contributed by atoms with Gasteiger partial charge in [-0.3, -0.25) is 0 Å². The second-order valence-electron chi connectivity index (χ2n) is 5.36. The first-order valence-electron chi connectivity index (χ1n) is 7.33. The maximum atomic E-state index is 12.8. The van der Waals surface area contributed by atoms with Crippen molar-refractivity contribution in [2.45, 2.75) is 19.9 Å². The Morgan fingerprint density at radius 1 is 1.26 bits per heavy atom. The third-order valence-corrected chi connectivity index (χ3v) is 3.78. The first-order chi connectivity index (χ1) is 11.1. The molecule has 1 aromatic carbocycles. The van der Waals surface area contributed by atoms with E-state index in [1.807, 2.05) is 25.1 Å². The minimum Gasteiger partial charge on any atom is -0.477 e. The fourth-order valence-corrected chi connectivity index (χ4v) is 2.72. The fraction of sp³-hybridized carbons (Fsp3) is 0.167. The number of nitriles is 1. The number of aromatic hydroxyl groups is 1. The number of benzene rings is 1. The topological polar surface area (TPSA) is 70.1 Å². The molecule has 23 heavy (non-hydrogen) atoms. The molecule has 0 spiro atoms. The highest BCUT2D eigenvalue weighted by Crippen LogP contribution is 2.26. The number of aryl methyl sites for hydroxylation is 2. The summed E-state index contributed by atoms with van der Waals surface area (Å²) in [5, 5.41) is 19.5. The van der Waals surface area contributed by atoms with Crippen LogP contribution in [0.15, 0.2) is 53.5 Å². The number of rotatable bonds is 3. The van der Waals surface area contributed by atoms with Crippen LogP contribution in [-0.2, 0) is 6.54 Å². The van der Waals surface area contributed by atoms with Crippen molar-refractivity contribution in [1.29, 1.82) is 5.26 Å². The predicted octanol–water partition coefficient (Wildman–Crippen LogP) is 2.18. The summed E-state index contributed by atoms with van der Waals surface area (Å²) in [6.45, 7) is 2.25. The van der Waals surface area contributed by atoms with Gasteiger partial charge < -0.3 is 5.11 Å². The van der Waals surface area contributed by atoms with Crippen molar-refractivity contribution in [2.24, 2.45) is 0 Å². The standard InChI is InChI=1S/C18H15N3O2/c1-13-6-4-7-14(12-13)16-17(22)20-10-3-2-8-15(20)21(18(16)23)11-5-9-19/h2-4,6-8,10,12H,5,11H2,1H3/p+1. The average Bonchev–Trinajstić information content (AvgIpc) is 2.55. The van der Waals surface area contributed by atoms with E-state index in [4.69, 9.17) is 5.26 Å². The maximum absolute atomic E-state index is 12.8. The molecule has 0 bridgehead atoms. The summed E-state index contributed by atoms with van der Waals surface area (Å²) in [5.41, 5.74) is 2.19. The summed E-state index contributed by atoms with van der Waals surface area (Å²) >= 11 is 0. The molecule has 0 saturated carbocycles. The number of nitrogens with zero attached hydrogens (tertiary/aromatic N) is 3. The summed E-state index contributed by atoms with van der Waals surface area (Å²) in [5.74, 6) is -0.109. The van der Waals surface area contributed by atoms with Gasteiger partial charge in [0.25, 0.3) is 11.5 Å². The molecule has 0 aliphatic carbocycles. The highest BCUT2D eigenvalue weighted by Gasteiger charge is 2.24. The van der Waals surface area contributed by atoms with Crippen molar-refractivity contribution in [3.8, 4) is 23.1 Å². The van der Waals surface area contributed by atoms with Gasteiger partial charge >= 0.3 is 5.56 Å². The molecule has 114 valence electrons. The molecular formula is C18H16N3O2+. The van der Waals surface area contributed by atoms with Gasteiger partial charge in [-0.1, -0.05) is 35.9 Å². The maximum Gasteiger partial charge on any atom is 0.354 e. The second kappa shape index (κ2) is 5.93. The van der Waals surface area contributed by atoms with E-state index in [2.05, 4.69) is 6.07 Å². The Bertz CT molecular complexity index is 984. The highest BCUT2D eigenvalue weighted by molar-refractivity contribution is 5.68. The van der Waals surface area contributed by atoms with E-state index in [9.17, 15) is 9.90 Å². The van der Waals surface area contributed by atoms with Crippen LogP contribution in [-0.4, -0.2) is 9.67 Å².